The zero-order chi connectivity index (χ0) is 18.4. The van der Waals surface area contributed by atoms with E-state index in [2.05, 4.69) is 10.4 Å². The summed E-state index contributed by atoms with van der Waals surface area (Å²) >= 11 is 0. The van der Waals surface area contributed by atoms with Gasteiger partial charge in [0.25, 0.3) is 0 Å². The van der Waals surface area contributed by atoms with Crippen LogP contribution in [0.2, 0.25) is 0 Å². The standard InChI is InChI=1S/C16H18BF2N3O3/c1-15(2)16(3,4)25-17(24-15)10-8-20-22(9-10)14(23)21-13-11(18)6-5-7-12(13)19/h5-9H,1-4H3,(H,21,23). The summed E-state index contributed by atoms with van der Waals surface area (Å²) in [5.41, 5.74) is -1.06. The molecule has 0 saturated carbocycles. The van der Waals surface area contributed by atoms with Crippen LogP contribution in [0.1, 0.15) is 27.7 Å². The SMILES string of the molecule is CC1(C)OB(c2cnn(C(=O)Nc3c(F)cccc3F)c2)OC1(C)C. The van der Waals surface area contributed by atoms with Crippen LogP contribution < -0.4 is 10.8 Å². The lowest BCUT2D eigenvalue weighted by Crippen LogP contribution is -2.41. The fourth-order valence-corrected chi connectivity index (χ4v) is 2.33. The molecule has 2 aromatic rings. The molecule has 1 aliphatic heterocycles. The summed E-state index contributed by atoms with van der Waals surface area (Å²) in [6, 6.07) is 2.52. The number of hydrogen-bond acceptors (Lipinski definition) is 4. The van der Waals surface area contributed by atoms with Gasteiger partial charge in [0.1, 0.15) is 17.3 Å². The van der Waals surface area contributed by atoms with Gasteiger partial charge in [0, 0.05) is 17.9 Å². The van der Waals surface area contributed by atoms with Crippen LogP contribution in [-0.2, 0) is 9.31 Å². The predicted molar refractivity (Wildman–Crippen MR) is 88.7 cm³/mol. The van der Waals surface area contributed by atoms with Gasteiger partial charge in [0.05, 0.1) is 11.2 Å². The first-order valence-electron chi connectivity index (χ1n) is 7.76. The minimum absolute atomic E-state index is 0.528. The minimum Gasteiger partial charge on any atom is -0.399 e. The number of hydrogen-bond donors (Lipinski definition) is 1. The largest absolute Gasteiger partial charge is 0.498 e. The number of amides is 1. The average Bonchev–Trinajstić information content (AvgIpc) is 3.06. The Morgan fingerprint density at radius 1 is 1.16 bits per heavy atom. The summed E-state index contributed by atoms with van der Waals surface area (Å²) in [6.07, 6.45) is 2.82. The van der Waals surface area contributed by atoms with Crippen LogP contribution in [0, 0.1) is 11.6 Å². The van der Waals surface area contributed by atoms with Crippen LogP contribution in [0.4, 0.5) is 19.3 Å². The first-order valence-corrected chi connectivity index (χ1v) is 7.76. The molecule has 1 saturated heterocycles. The summed E-state index contributed by atoms with van der Waals surface area (Å²) < 4.78 is 39.9. The summed E-state index contributed by atoms with van der Waals surface area (Å²) in [7, 11) is -0.684. The summed E-state index contributed by atoms with van der Waals surface area (Å²) in [5, 5.41) is 6.07. The smallest absolute Gasteiger partial charge is 0.399 e. The summed E-state index contributed by atoms with van der Waals surface area (Å²) in [5.74, 6) is -1.74. The fourth-order valence-electron chi connectivity index (χ4n) is 2.33. The van der Waals surface area contributed by atoms with E-state index in [1.165, 1.54) is 18.5 Å². The second-order valence-electron chi connectivity index (χ2n) is 6.83. The Bertz CT molecular complexity index is 786. The number of nitrogens with one attached hydrogen (secondary N) is 1. The molecule has 1 aromatic heterocycles. The van der Waals surface area contributed by atoms with Gasteiger partial charge in [-0.05, 0) is 39.8 Å². The zero-order valence-electron chi connectivity index (χ0n) is 14.3. The van der Waals surface area contributed by atoms with Crippen LogP contribution in [0.15, 0.2) is 30.6 Å². The third kappa shape index (κ3) is 3.17. The maximum absolute atomic E-state index is 13.6. The molecule has 25 heavy (non-hydrogen) atoms. The molecule has 9 heteroatoms. The quantitative estimate of drug-likeness (QED) is 0.847. The zero-order valence-corrected chi connectivity index (χ0v) is 14.3. The van der Waals surface area contributed by atoms with E-state index >= 15 is 0 Å². The van der Waals surface area contributed by atoms with Gasteiger partial charge in [-0.15, -0.1) is 0 Å². The van der Waals surface area contributed by atoms with Crippen molar-refractivity contribution in [3.8, 4) is 0 Å². The van der Waals surface area contributed by atoms with E-state index < -0.39 is 41.7 Å². The topological polar surface area (TPSA) is 65.4 Å². The number of benzene rings is 1. The molecule has 1 fully saturated rings. The van der Waals surface area contributed by atoms with Gasteiger partial charge in [0.15, 0.2) is 0 Å². The summed E-state index contributed by atoms with van der Waals surface area (Å²) in [4.78, 5) is 12.2. The Morgan fingerprint density at radius 3 is 2.28 bits per heavy atom. The molecule has 0 radical (unpaired) electrons. The van der Waals surface area contributed by atoms with Crippen molar-refractivity contribution >= 4 is 24.3 Å². The molecule has 3 rings (SSSR count). The van der Waals surface area contributed by atoms with E-state index in [1.807, 2.05) is 27.7 Å². The first kappa shape index (κ1) is 17.6. The lowest BCUT2D eigenvalue weighted by atomic mass is 9.82. The van der Waals surface area contributed by atoms with Crippen molar-refractivity contribution in [2.24, 2.45) is 0 Å². The van der Waals surface area contributed by atoms with E-state index in [-0.39, 0.29) is 0 Å². The number of anilines is 1. The molecule has 1 amide bonds. The molecule has 1 N–H and O–H groups in total. The van der Waals surface area contributed by atoms with E-state index in [0.717, 1.165) is 16.8 Å². The van der Waals surface area contributed by atoms with Crippen LogP contribution in [-0.4, -0.2) is 34.1 Å². The normalized spacial score (nSPS) is 18.4. The van der Waals surface area contributed by atoms with E-state index in [0.29, 0.717) is 5.46 Å². The molecule has 0 atom stereocenters. The molecule has 1 aromatic carbocycles. The Hall–Kier alpha value is -2.26. The van der Waals surface area contributed by atoms with Crippen molar-refractivity contribution in [2.45, 2.75) is 38.9 Å². The molecule has 0 bridgehead atoms. The molecular weight excluding hydrogens is 331 g/mol. The van der Waals surface area contributed by atoms with E-state index in [4.69, 9.17) is 9.31 Å². The van der Waals surface area contributed by atoms with E-state index in [1.54, 1.807) is 0 Å². The monoisotopic (exact) mass is 349 g/mol. The van der Waals surface area contributed by atoms with Gasteiger partial charge >= 0.3 is 13.1 Å². The lowest BCUT2D eigenvalue weighted by Gasteiger charge is -2.32. The molecule has 0 aliphatic carbocycles. The van der Waals surface area contributed by atoms with Gasteiger partial charge in [0.2, 0.25) is 0 Å². The fraction of sp³-hybridized carbons (Fsp3) is 0.375. The molecular formula is C16H18BF2N3O3. The van der Waals surface area contributed by atoms with Crippen molar-refractivity contribution < 1.29 is 22.9 Å². The van der Waals surface area contributed by atoms with Gasteiger partial charge in [-0.3, -0.25) is 0 Å². The van der Waals surface area contributed by atoms with Gasteiger partial charge < -0.3 is 14.6 Å². The van der Waals surface area contributed by atoms with Crippen LogP contribution in [0.25, 0.3) is 0 Å². The van der Waals surface area contributed by atoms with Crippen LogP contribution in [0.3, 0.4) is 0 Å². The highest BCUT2D eigenvalue weighted by atomic mass is 19.1. The van der Waals surface area contributed by atoms with Gasteiger partial charge in [-0.1, -0.05) is 6.07 Å². The number of halogens is 2. The number of para-hydroxylation sites is 1. The van der Waals surface area contributed by atoms with Crippen LogP contribution in [0.5, 0.6) is 0 Å². The lowest BCUT2D eigenvalue weighted by molar-refractivity contribution is 0.00578. The van der Waals surface area contributed by atoms with Crippen molar-refractivity contribution in [3.05, 3.63) is 42.2 Å². The predicted octanol–water partition coefficient (Wildman–Crippen LogP) is 2.54. The van der Waals surface area contributed by atoms with Crippen molar-refractivity contribution in [1.82, 2.24) is 9.78 Å². The number of aromatic nitrogens is 2. The van der Waals surface area contributed by atoms with Crippen molar-refractivity contribution in [1.29, 1.82) is 0 Å². The molecule has 1 aliphatic rings. The minimum atomic E-state index is -0.869. The molecule has 132 valence electrons. The van der Waals surface area contributed by atoms with Crippen molar-refractivity contribution in [2.75, 3.05) is 5.32 Å². The van der Waals surface area contributed by atoms with Gasteiger partial charge in [-0.2, -0.15) is 9.78 Å². The number of carbonyl (C=O) groups is 1. The van der Waals surface area contributed by atoms with Crippen molar-refractivity contribution in [3.63, 3.8) is 0 Å². The Labute approximate surface area is 144 Å². The first-order chi connectivity index (χ1) is 11.6. The molecule has 6 nitrogen and oxygen atoms in total. The van der Waals surface area contributed by atoms with E-state index in [9.17, 15) is 13.6 Å². The second kappa shape index (κ2) is 5.92. The Kier molecular flexibility index (Phi) is 4.16. The maximum Gasteiger partial charge on any atom is 0.498 e. The third-order valence-electron chi connectivity index (χ3n) is 4.53. The highest BCUT2D eigenvalue weighted by Gasteiger charge is 2.52. The molecule has 2 heterocycles. The maximum atomic E-state index is 13.6. The highest BCUT2D eigenvalue weighted by Crippen LogP contribution is 2.36. The number of rotatable bonds is 2. The molecule has 0 spiro atoms. The average molecular weight is 349 g/mol. The third-order valence-corrected chi connectivity index (χ3v) is 4.53. The summed E-state index contributed by atoms with van der Waals surface area (Å²) in [6.45, 7) is 7.63. The second-order valence-corrected chi connectivity index (χ2v) is 6.83. The van der Waals surface area contributed by atoms with Gasteiger partial charge in [-0.25, -0.2) is 13.6 Å². The highest BCUT2D eigenvalue weighted by molar-refractivity contribution is 6.62. The Morgan fingerprint density at radius 2 is 1.72 bits per heavy atom. The number of nitrogens with zero attached hydrogens (tertiary/aromatic N) is 2. The molecule has 0 unspecified atom stereocenters. The Balaban J connectivity index is 1.77. The number of carbonyl (C=O) groups excluding carboxylic acids is 1. The van der Waals surface area contributed by atoms with Crippen LogP contribution >= 0.6 is 0 Å².